The molecule has 0 heterocycles. The molecule has 5 nitrogen and oxygen atoms in total. The van der Waals surface area contributed by atoms with E-state index >= 15 is 0 Å². The molecule has 7 heteroatoms. The highest BCUT2D eigenvalue weighted by molar-refractivity contribution is 7.92. The molecule has 0 aliphatic carbocycles. The molecule has 1 amide bonds. The number of anilines is 1. The van der Waals surface area contributed by atoms with E-state index in [9.17, 15) is 13.2 Å². The van der Waals surface area contributed by atoms with E-state index in [1.807, 2.05) is 61.5 Å². The predicted octanol–water partition coefficient (Wildman–Crippen LogP) is 6.06. The fraction of sp³-hybridized carbons (Fsp3) is 0.138. The molecular formula is C29H27ClN2O3S. The Morgan fingerprint density at radius 1 is 0.833 bits per heavy atom. The first-order chi connectivity index (χ1) is 17.3. The topological polar surface area (TPSA) is 66.5 Å². The molecular weight excluding hydrogens is 492 g/mol. The van der Waals surface area contributed by atoms with Crippen LogP contribution >= 0.6 is 11.6 Å². The highest BCUT2D eigenvalue weighted by atomic mass is 35.5. The molecule has 1 atom stereocenters. The Bertz CT molecular complexity index is 1460. The van der Waals surface area contributed by atoms with Gasteiger partial charge in [-0.2, -0.15) is 0 Å². The molecule has 0 spiro atoms. The lowest BCUT2D eigenvalue weighted by Gasteiger charge is -2.27. The van der Waals surface area contributed by atoms with Crippen LogP contribution in [0, 0.1) is 13.8 Å². The standard InChI is InChI=1S/C29H27ClN2O3S/c1-21-11-9-10-16-26(21)29(23-12-5-3-6-13-23)31-28(33)20-32(27-18-17-24(30)19-22(27)2)36(34,35)25-14-7-4-8-15-25/h3-19,29H,20H2,1-2H3,(H,31,33)/t29-/m0/s1. The van der Waals surface area contributed by atoms with Crippen LogP contribution in [0.25, 0.3) is 0 Å². The maximum atomic E-state index is 13.7. The van der Waals surface area contributed by atoms with Crippen LogP contribution in [0.5, 0.6) is 0 Å². The molecule has 4 rings (SSSR count). The molecule has 0 saturated carbocycles. The molecule has 0 aromatic heterocycles. The van der Waals surface area contributed by atoms with Crippen LogP contribution in [0.4, 0.5) is 5.69 Å². The van der Waals surface area contributed by atoms with E-state index in [0.29, 0.717) is 16.3 Å². The summed E-state index contributed by atoms with van der Waals surface area (Å²) in [6, 6.07) is 30.0. The Labute approximate surface area is 217 Å². The van der Waals surface area contributed by atoms with E-state index in [-0.39, 0.29) is 4.90 Å². The van der Waals surface area contributed by atoms with Gasteiger partial charge in [-0.1, -0.05) is 84.4 Å². The maximum Gasteiger partial charge on any atom is 0.264 e. The van der Waals surface area contributed by atoms with Crippen LogP contribution < -0.4 is 9.62 Å². The fourth-order valence-corrected chi connectivity index (χ4v) is 5.89. The average Bonchev–Trinajstić information content (AvgIpc) is 2.88. The summed E-state index contributed by atoms with van der Waals surface area (Å²) >= 11 is 6.13. The summed E-state index contributed by atoms with van der Waals surface area (Å²) in [5.74, 6) is -0.430. The van der Waals surface area contributed by atoms with Gasteiger partial charge in [-0.05, 0) is 66.4 Å². The molecule has 0 aliphatic heterocycles. The van der Waals surface area contributed by atoms with Gasteiger partial charge in [0, 0.05) is 5.02 Å². The molecule has 36 heavy (non-hydrogen) atoms. The van der Waals surface area contributed by atoms with Crippen LogP contribution in [-0.2, 0) is 14.8 Å². The number of hydrogen-bond acceptors (Lipinski definition) is 3. The molecule has 0 radical (unpaired) electrons. The van der Waals surface area contributed by atoms with Gasteiger partial charge in [0.2, 0.25) is 5.91 Å². The molecule has 184 valence electrons. The largest absolute Gasteiger partial charge is 0.344 e. The first-order valence-corrected chi connectivity index (χ1v) is 13.3. The number of halogens is 1. The SMILES string of the molecule is Cc1ccccc1[C@@H](NC(=O)CN(c1ccc(Cl)cc1C)S(=O)(=O)c1ccccc1)c1ccccc1. The Morgan fingerprint density at radius 3 is 2.08 bits per heavy atom. The van der Waals surface area contributed by atoms with Crippen molar-refractivity contribution in [3.05, 3.63) is 130 Å². The summed E-state index contributed by atoms with van der Waals surface area (Å²) in [5.41, 5.74) is 3.91. The van der Waals surface area contributed by atoms with Gasteiger partial charge >= 0.3 is 0 Å². The lowest BCUT2D eigenvalue weighted by molar-refractivity contribution is -0.120. The zero-order valence-electron chi connectivity index (χ0n) is 20.1. The third kappa shape index (κ3) is 5.61. The number of amides is 1. The Kier molecular flexibility index (Phi) is 7.77. The van der Waals surface area contributed by atoms with Gasteiger partial charge in [0.05, 0.1) is 16.6 Å². The van der Waals surface area contributed by atoms with Gasteiger partial charge in [-0.15, -0.1) is 0 Å². The Morgan fingerprint density at radius 2 is 1.44 bits per heavy atom. The second kappa shape index (κ2) is 11.0. The summed E-state index contributed by atoms with van der Waals surface area (Å²) < 4.78 is 28.5. The van der Waals surface area contributed by atoms with Crippen LogP contribution in [0.3, 0.4) is 0 Å². The number of rotatable bonds is 8. The first kappa shape index (κ1) is 25.5. The van der Waals surface area contributed by atoms with Crippen molar-refractivity contribution in [1.29, 1.82) is 0 Å². The Hall–Kier alpha value is -3.61. The average molecular weight is 519 g/mol. The van der Waals surface area contributed by atoms with E-state index in [1.165, 1.54) is 12.1 Å². The van der Waals surface area contributed by atoms with Gasteiger partial charge in [0.25, 0.3) is 10.0 Å². The minimum absolute atomic E-state index is 0.102. The lowest BCUT2D eigenvalue weighted by Crippen LogP contribution is -2.42. The number of aryl methyl sites for hydroxylation is 2. The highest BCUT2D eigenvalue weighted by Gasteiger charge is 2.29. The zero-order chi connectivity index (χ0) is 25.7. The lowest BCUT2D eigenvalue weighted by atomic mass is 9.95. The summed E-state index contributed by atoms with van der Waals surface area (Å²) in [7, 11) is -4.03. The van der Waals surface area contributed by atoms with Gasteiger partial charge < -0.3 is 5.32 Å². The first-order valence-electron chi connectivity index (χ1n) is 11.5. The highest BCUT2D eigenvalue weighted by Crippen LogP contribution is 2.30. The molecule has 4 aromatic carbocycles. The van der Waals surface area contributed by atoms with Crippen LogP contribution in [0.1, 0.15) is 28.3 Å². The Balaban J connectivity index is 1.72. The molecule has 0 saturated heterocycles. The van der Waals surface area contributed by atoms with E-state index in [1.54, 1.807) is 43.3 Å². The number of hydrogen-bond donors (Lipinski definition) is 1. The summed E-state index contributed by atoms with van der Waals surface area (Å²) in [6.07, 6.45) is 0. The van der Waals surface area contributed by atoms with Crippen LogP contribution in [0.2, 0.25) is 5.02 Å². The number of nitrogens with zero attached hydrogens (tertiary/aromatic N) is 1. The minimum atomic E-state index is -4.03. The van der Waals surface area contributed by atoms with Gasteiger partial charge in [0.15, 0.2) is 0 Å². The minimum Gasteiger partial charge on any atom is -0.344 e. The number of nitrogens with one attached hydrogen (secondary N) is 1. The van der Waals surface area contributed by atoms with E-state index in [4.69, 9.17) is 11.6 Å². The van der Waals surface area contributed by atoms with Crippen molar-refractivity contribution in [2.24, 2.45) is 0 Å². The summed E-state index contributed by atoms with van der Waals surface area (Å²) in [6.45, 7) is 3.36. The maximum absolute atomic E-state index is 13.7. The van der Waals surface area contributed by atoms with Crippen molar-refractivity contribution in [3.63, 3.8) is 0 Å². The van der Waals surface area contributed by atoms with Crippen molar-refractivity contribution in [2.45, 2.75) is 24.8 Å². The molecule has 0 unspecified atom stereocenters. The third-order valence-electron chi connectivity index (χ3n) is 5.98. The van der Waals surface area contributed by atoms with Gasteiger partial charge in [0.1, 0.15) is 6.54 Å². The van der Waals surface area contributed by atoms with Gasteiger partial charge in [-0.25, -0.2) is 8.42 Å². The normalized spacial score (nSPS) is 12.1. The molecule has 1 N–H and O–H groups in total. The number of sulfonamides is 1. The van der Waals surface area contributed by atoms with Crippen molar-refractivity contribution in [2.75, 3.05) is 10.8 Å². The number of benzene rings is 4. The quantitative estimate of drug-likeness (QED) is 0.308. The van der Waals surface area contributed by atoms with Crippen molar-refractivity contribution in [1.82, 2.24) is 5.32 Å². The summed E-state index contributed by atoms with van der Waals surface area (Å²) in [4.78, 5) is 13.6. The molecule has 0 fully saturated rings. The smallest absolute Gasteiger partial charge is 0.264 e. The predicted molar refractivity (Wildman–Crippen MR) is 145 cm³/mol. The van der Waals surface area contributed by atoms with Crippen molar-refractivity contribution in [3.8, 4) is 0 Å². The molecule has 0 bridgehead atoms. The fourth-order valence-electron chi connectivity index (χ4n) is 4.15. The monoisotopic (exact) mass is 518 g/mol. The number of carbonyl (C=O) groups is 1. The summed E-state index contributed by atoms with van der Waals surface area (Å²) in [5, 5.41) is 3.56. The molecule has 4 aromatic rings. The van der Waals surface area contributed by atoms with Crippen LogP contribution in [0.15, 0.2) is 108 Å². The van der Waals surface area contributed by atoms with Crippen molar-refractivity contribution >= 4 is 33.2 Å². The number of carbonyl (C=O) groups excluding carboxylic acids is 1. The van der Waals surface area contributed by atoms with Gasteiger partial charge in [-0.3, -0.25) is 9.10 Å². The zero-order valence-corrected chi connectivity index (χ0v) is 21.6. The third-order valence-corrected chi connectivity index (χ3v) is 7.99. The van der Waals surface area contributed by atoms with E-state index in [2.05, 4.69) is 5.32 Å². The van der Waals surface area contributed by atoms with Crippen molar-refractivity contribution < 1.29 is 13.2 Å². The molecule has 0 aliphatic rings. The second-order valence-electron chi connectivity index (χ2n) is 8.52. The second-order valence-corrected chi connectivity index (χ2v) is 10.8. The van der Waals surface area contributed by atoms with E-state index < -0.39 is 28.5 Å². The van der Waals surface area contributed by atoms with E-state index in [0.717, 1.165) is 21.0 Å². The van der Waals surface area contributed by atoms with Crippen LogP contribution in [-0.4, -0.2) is 20.9 Å².